The van der Waals surface area contributed by atoms with Crippen molar-refractivity contribution >= 4 is 11.6 Å². The number of unbranched alkanes of at least 4 members (excludes halogenated alkanes) is 3. The third kappa shape index (κ3) is 5.19. The maximum atomic E-state index is 13.8. The first kappa shape index (κ1) is 16.5. The second kappa shape index (κ2) is 9.34. The quantitative estimate of drug-likeness (QED) is 0.672. The van der Waals surface area contributed by atoms with Gasteiger partial charge in [-0.15, -0.1) is 0 Å². The first-order valence-corrected chi connectivity index (χ1v) is 7.51. The fraction of sp³-hybridized carbons (Fsp3) is 0.562. The highest BCUT2D eigenvalue weighted by molar-refractivity contribution is 5.99. The topological polar surface area (TPSA) is 41.1 Å². The lowest BCUT2D eigenvalue weighted by Crippen LogP contribution is -2.25. The summed E-state index contributed by atoms with van der Waals surface area (Å²) in [5, 5.41) is 5.84. The number of benzene rings is 1. The maximum Gasteiger partial charge on any atom is 0.253 e. The second-order valence-corrected chi connectivity index (χ2v) is 4.91. The predicted molar refractivity (Wildman–Crippen MR) is 81.7 cm³/mol. The Hall–Kier alpha value is -1.58. The average Bonchev–Trinajstić information content (AvgIpc) is 2.45. The van der Waals surface area contributed by atoms with Gasteiger partial charge in [-0.2, -0.15) is 0 Å². The van der Waals surface area contributed by atoms with Crippen LogP contribution in [-0.4, -0.2) is 19.0 Å². The van der Waals surface area contributed by atoms with Crippen molar-refractivity contribution in [1.29, 1.82) is 0 Å². The van der Waals surface area contributed by atoms with Gasteiger partial charge in [0.1, 0.15) is 5.82 Å². The lowest BCUT2D eigenvalue weighted by atomic mass is 10.1. The van der Waals surface area contributed by atoms with Gasteiger partial charge in [0.05, 0.1) is 11.3 Å². The minimum Gasteiger partial charge on any atom is -0.382 e. The van der Waals surface area contributed by atoms with Crippen LogP contribution in [0.1, 0.15) is 56.3 Å². The molecule has 1 aromatic carbocycles. The van der Waals surface area contributed by atoms with Gasteiger partial charge in [0, 0.05) is 13.1 Å². The molecule has 0 aliphatic heterocycles. The molecule has 2 N–H and O–H groups in total. The van der Waals surface area contributed by atoms with Gasteiger partial charge in [-0.05, 0) is 25.0 Å². The SMILES string of the molecule is CCCCCCNC(=O)c1cccc(F)c1NCCC. The van der Waals surface area contributed by atoms with Crippen LogP contribution >= 0.6 is 0 Å². The van der Waals surface area contributed by atoms with Crippen molar-refractivity contribution < 1.29 is 9.18 Å². The fourth-order valence-corrected chi connectivity index (χ4v) is 1.99. The van der Waals surface area contributed by atoms with Crippen LogP contribution < -0.4 is 10.6 Å². The van der Waals surface area contributed by atoms with Crippen molar-refractivity contribution in [2.45, 2.75) is 46.0 Å². The highest BCUT2D eigenvalue weighted by Gasteiger charge is 2.14. The van der Waals surface area contributed by atoms with Gasteiger partial charge in [-0.1, -0.05) is 39.2 Å². The number of amides is 1. The molecule has 0 aliphatic carbocycles. The second-order valence-electron chi connectivity index (χ2n) is 4.91. The standard InChI is InChI=1S/C16H25FN2O/c1-3-5-6-7-12-19-16(20)13-9-8-10-14(17)15(13)18-11-4-2/h8-10,18H,3-7,11-12H2,1-2H3,(H,19,20). The number of carbonyl (C=O) groups is 1. The summed E-state index contributed by atoms with van der Waals surface area (Å²) in [6.07, 6.45) is 5.31. The van der Waals surface area contributed by atoms with Crippen molar-refractivity contribution in [2.24, 2.45) is 0 Å². The van der Waals surface area contributed by atoms with E-state index in [1.165, 1.54) is 18.9 Å². The van der Waals surface area contributed by atoms with E-state index in [0.717, 1.165) is 19.3 Å². The smallest absolute Gasteiger partial charge is 0.253 e. The van der Waals surface area contributed by atoms with E-state index in [0.29, 0.717) is 24.3 Å². The van der Waals surface area contributed by atoms with E-state index in [2.05, 4.69) is 17.6 Å². The number of anilines is 1. The van der Waals surface area contributed by atoms with E-state index < -0.39 is 0 Å². The van der Waals surface area contributed by atoms with Gasteiger partial charge in [0.25, 0.3) is 5.91 Å². The Bertz CT molecular complexity index is 421. The van der Waals surface area contributed by atoms with Crippen LogP contribution in [0.25, 0.3) is 0 Å². The molecule has 4 heteroatoms. The first-order valence-electron chi connectivity index (χ1n) is 7.51. The third-order valence-corrected chi connectivity index (χ3v) is 3.13. The number of carbonyl (C=O) groups excluding carboxylic acids is 1. The molecule has 1 amide bonds. The van der Waals surface area contributed by atoms with Crippen molar-refractivity contribution in [3.63, 3.8) is 0 Å². The molecule has 0 atom stereocenters. The molecular weight excluding hydrogens is 255 g/mol. The van der Waals surface area contributed by atoms with Crippen LogP contribution in [-0.2, 0) is 0 Å². The molecule has 20 heavy (non-hydrogen) atoms. The Morgan fingerprint density at radius 3 is 2.60 bits per heavy atom. The van der Waals surface area contributed by atoms with Crippen LogP contribution in [0.3, 0.4) is 0 Å². The van der Waals surface area contributed by atoms with Gasteiger partial charge < -0.3 is 10.6 Å². The number of hydrogen-bond acceptors (Lipinski definition) is 2. The van der Waals surface area contributed by atoms with Crippen LogP contribution in [0.15, 0.2) is 18.2 Å². The van der Waals surface area contributed by atoms with Crippen LogP contribution in [0.4, 0.5) is 10.1 Å². The molecular formula is C16H25FN2O. The lowest BCUT2D eigenvalue weighted by Gasteiger charge is -2.12. The van der Waals surface area contributed by atoms with Crippen molar-refractivity contribution in [3.8, 4) is 0 Å². The zero-order valence-corrected chi connectivity index (χ0v) is 12.5. The van der Waals surface area contributed by atoms with Gasteiger partial charge in [-0.3, -0.25) is 4.79 Å². The Kier molecular flexibility index (Phi) is 7.70. The summed E-state index contributed by atoms with van der Waals surface area (Å²) in [5.74, 6) is -0.586. The normalized spacial score (nSPS) is 10.3. The van der Waals surface area contributed by atoms with E-state index in [1.807, 2.05) is 6.92 Å². The predicted octanol–water partition coefficient (Wildman–Crippen LogP) is 3.96. The molecule has 0 aromatic heterocycles. The Balaban J connectivity index is 2.60. The molecule has 0 heterocycles. The highest BCUT2D eigenvalue weighted by atomic mass is 19.1. The van der Waals surface area contributed by atoms with Gasteiger partial charge in [0.15, 0.2) is 0 Å². The van der Waals surface area contributed by atoms with Gasteiger partial charge in [0.2, 0.25) is 0 Å². The third-order valence-electron chi connectivity index (χ3n) is 3.13. The molecule has 0 radical (unpaired) electrons. The summed E-state index contributed by atoms with van der Waals surface area (Å²) in [6.45, 7) is 5.44. The average molecular weight is 280 g/mol. The summed E-state index contributed by atoms with van der Waals surface area (Å²) in [5.41, 5.74) is 0.689. The summed E-state index contributed by atoms with van der Waals surface area (Å²) < 4.78 is 13.8. The molecule has 0 fully saturated rings. The molecule has 0 spiro atoms. The molecule has 0 aliphatic rings. The van der Waals surface area contributed by atoms with E-state index >= 15 is 0 Å². The van der Waals surface area contributed by atoms with Crippen LogP contribution in [0.2, 0.25) is 0 Å². The molecule has 112 valence electrons. The summed E-state index contributed by atoms with van der Waals surface area (Å²) in [7, 11) is 0. The minimum absolute atomic E-state index is 0.209. The maximum absolute atomic E-state index is 13.8. The number of para-hydroxylation sites is 1. The first-order chi connectivity index (χ1) is 9.70. The van der Waals surface area contributed by atoms with E-state index in [1.54, 1.807) is 12.1 Å². The molecule has 1 rings (SSSR count). The Morgan fingerprint density at radius 2 is 1.90 bits per heavy atom. The summed E-state index contributed by atoms with van der Waals surface area (Å²) in [6, 6.07) is 4.59. The van der Waals surface area contributed by atoms with Crippen molar-refractivity contribution in [1.82, 2.24) is 5.32 Å². The lowest BCUT2D eigenvalue weighted by molar-refractivity contribution is 0.0953. The monoisotopic (exact) mass is 280 g/mol. The van der Waals surface area contributed by atoms with E-state index in [-0.39, 0.29) is 11.7 Å². The number of rotatable bonds is 9. The molecule has 0 saturated carbocycles. The number of halogens is 1. The molecule has 0 unspecified atom stereocenters. The Morgan fingerprint density at radius 1 is 1.10 bits per heavy atom. The molecule has 0 bridgehead atoms. The molecule has 0 saturated heterocycles. The molecule has 3 nitrogen and oxygen atoms in total. The molecule has 1 aromatic rings. The zero-order chi connectivity index (χ0) is 14.8. The summed E-state index contributed by atoms with van der Waals surface area (Å²) in [4.78, 5) is 12.1. The zero-order valence-electron chi connectivity index (χ0n) is 12.5. The van der Waals surface area contributed by atoms with Crippen LogP contribution in [0, 0.1) is 5.82 Å². The fourth-order valence-electron chi connectivity index (χ4n) is 1.99. The Labute approximate surface area is 121 Å². The van der Waals surface area contributed by atoms with Crippen LogP contribution in [0.5, 0.6) is 0 Å². The largest absolute Gasteiger partial charge is 0.382 e. The van der Waals surface area contributed by atoms with Crippen molar-refractivity contribution in [3.05, 3.63) is 29.6 Å². The van der Waals surface area contributed by atoms with Crippen molar-refractivity contribution in [2.75, 3.05) is 18.4 Å². The number of nitrogens with one attached hydrogen (secondary N) is 2. The summed E-state index contributed by atoms with van der Waals surface area (Å²) >= 11 is 0. The minimum atomic E-state index is -0.378. The van der Waals surface area contributed by atoms with Gasteiger partial charge >= 0.3 is 0 Å². The van der Waals surface area contributed by atoms with E-state index in [9.17, 15) is 9.18 Å². The number of hydrogen-bond donors (Lipinski definition) is 2. The van der Waals surface area contributed by atoms with Gasteiger partial charge in [-0.25, -0.2) is 4.39 Å². The highest BCUT2D eigenvalue weighted by Crippen LogP contribution is 2.19. The van der Waals surface area contributed by atoms with E-state index in [4.69, 9.17) is 0 Å².